The maximum atomic E-state index is 13.7. The van der Waals surface area contributed by atoms with Crippen LogP contribution >= 0.6 is 11.6 Å². The Morgan fingerprint density at radius 1 is 1.15 bits per heavy atom. The van der Waals surface area contributed by atoms with Crippen LogP contribution in [0.25, 0.3) is 11.1 Å². The van der Waals surface area contributed by atoms with Gasteiger partial charge in [0.05, 0.1) is 29.5 Å². The predicted molar refractivity (Wildman–Crippen MR) is 147 cm³/mol. The van der Waals surface area contributed by atoms with E-state index in [-0.39, 0.29) is 37.3 Å². The second kappa shape index (κ2) is 12.2. The molecule has 0 spiro atoms. The first kappa shape index (κ1) is 28.7. The summed E-state index contributed by atoms with van der Waals surface area (Å²) in [4.78, 5) is 32.6. The number of likely N-dealkylation sites (tertiary alicyclic amines) is 1. The molecule has 0 bridgehead atoms. The lowest BCUT2D eigenvalue weighted by Gasteiger charge is -2.30. The minimum atomic E-state index is -0.884. The molecule has 4 atom stereocenters. The summed E-state index contributed by atoms with van der Waals surface area (Å²) in [6.07, 6.45) is 4.26. The van der Waals surface area contributed by atoms with Crippen LogP contribution in [0.15, 0.2) is 48.9 Å². The zero-order valence-electron chi connectivity index (χ0n) is 22.5. The highest BCUT2D eigenvalue weighted by molar-refractivity contribution is 6.33. The first-order chi connectivity index (χ1) is 18.6. The van der Waals surface area contributed by atoms with E-state index in [9.17, 15) is 19.8 Å². The van der Waals surface area contributed by atoms with E-state index in [0.717, 1.165) is 16.8 Å². The number of hydrogen-bond donors (Lipinski definition) is 3. The zero-order chi connectivity index (χ0) is 28.3. The first-order valence-electron chi connectivity index (χ1n) is 13.1. The van der Waals surface area contributed by atoms with E-state index in [2.05, 4.69) is 20.6 Å². The maximum absolute atomic E-state index is 13.7. The van der Waals surface area contributed by atoms with Gasteiger partial charge < -0.3 is 20.4 Å². The van der Waals surface area contributed by atoms with E-state index in [1.165, 1.54) is 4.90 Å². The molecule has 39 heavy (non-hydrogen) atoms. The number of carbonyl (C=O) groups excluding carboxylic acids is 2. The van der Waals surface area contributed by atoms with Crippen molar-refractivity contribution in [1.82, 2.24) is 30.2 Å². The van der Waals surface area contributed by atoms with Gasteiger partial charge in [-0.25, -0.2) is 4.68 Å². The van der Waals surface area contributed by atoms with E-state index >= 15 is 0 Å². The van der Waals surface area contributed by atoms with Gasteiger partial charge in [0.2, 0.25) is 11.8 Å². The van der Waals surface area contributed by atoms with Gasteiger partial charge >= 0.3 is 0 Å². The van der Waals surface area contributed by atoms with Crippen LogP contribution in [0.3, 0.4) is 0 Å². The fraction of sp³-hybridized carbons (Fsp3) is 0.464. The molecule has 0 unspecified atom stereocenters. The van der Waals surface area contributed by atoms with Crippen molar-refractivity contribution < 1.29 is 19.8 Å². The quantitative estimate of drug-likeness (QED) is 0.370. The molecule has 208 valence electrons. The molecule has 3 heterocycles. The maximum Gasteiger partial charge on any atom is 0.248 e. The molecule has 11 heteroatoms. The minimum Gasteiger partial charge on any atom is -0.394 e. The van der Waals surface area contributed by atoms with Gasteiger partial charge in [0.1, 0.15) is 12.1 Å². The highest BCUT2D eigenvalue weighted by Gasteiger charge is 2.43. The van der Waals surface area contributed by atoms with E-state index in [4.69, 9.17) is 11.6 Å². The molecular weight excluding hydrogens is 520 g/mol. The predicted octanol–water partition coefficient (Wildman–Crippen LogP) is 3.13. The number of aromatic nitrogens is 4. The fourth-order valence-corrected chi connectivity index (χ4v) is 5.11. The average Bonchev–Trinajstić information content (AvgIpc) is 3.55. The highest BCUT2D eigenvalue weighted by atomic mass is 35.5. The number of β-amino-alcohol motifs (C(OH)–C–C–N with tert-alkyl or cyclic N) is 1. The van der Waals surface area contributed by atoms with Crippen molar-refractivity contribution in [2.75, 3.05) is 13.2 Å². The molecule has 2 aromatic heterocycles. The molecule has 3 aromatic rings. The molecule has 2 amide bonds. The standard InChI is InChI=1S/C28H35ClN6O4/c1-16(2)23-14-35(33-32-23)26(17(3)4)28(39)34-13-20(37)11-25(34)27(38)31-24(15-36)19-7-5-18(6-8-19)21-9-10-30-12-22(21)29/h5-10,12,14,16-17,20,24-26,36-37H,11,13,15H2,1-4H3,(H,31,38)/t20-,24+,25+,26+/m1/s1. The molecule has 1 saturated heterocycles. The number of benzene rings is 1. The fourth-order valence-electron chi connectivity index (χ4n) is 4.88. The Morgan fingerprint density at radius 2 is 1.87 bits per heavy atom. The van der Waals surface area contributed by atoms with E-state index in [1.54, 1.807) is 23.3 Å². The summed E-state index contributed by atoms with van der Waals surface area (Å²) in [5, 5.41) is 32.3. The summed E-state index contributed by atoms with van der Waals surface area (Å²) >= 11 is 6.26. The number of carbonyl (C=O) groups is 2. The summed E-state index contributed by atoms with van der Waals surface area (Å²) in [6.45, 7) is 7.51. The molecular formula is C28H35ClN6O4. The lowest BCUT2D eigenvalue weighted by atomic mass is 10.0. The topological polar surface area (TPSA) is 133 Å². The van der Waals surface area contributed by atoms with Gasteiger partial charge in [0, 0.05) is 37.1 Å². The number of nitrogens with zero attached hydrogens (tertiary/aromatic N) is 5. The van der Waals surface area contributed by atoms with E-state index in [1.807, 2.05) is 58.0 Å². The summed E-state index contributed by atoms with van der Waals surface area (Å²) in [6, 6.07) is 6.90. The van der Waals surface area contributed by atoms with Gasteiger partial charge in [-0.3, -0.25) is 14.6 Å². The van der Waals surface area contributed by atoms with Gasteiger partial charge in [0.25, 0.3) is 0 Å². The molecule has 0 saturated carbocycles. The van der Waals surface area contributed by atoms with Crippen molar-refractivity contribution in [3.63, 3.8) is 0 Å². The average molecular weight is 555 g/mol. The molecule has 10 nitrogen and oxygen atoms in total. The summed E-state index contributed by atoms with van der Waals surface area (Å²) in [5.41, 5.74) is 3.16. The Bertz CT molecular complexity index is 1300. The lowest BCUT2D eigenvalue weighted by Crippen LogP contribution is -2.50. The lowest BCUT2D eigenvalue weighted by molar-refractivity contribution is -0.142. The third-order valence-electron chi connectivity index (χ3n) is 7.05. The molecule has 4 rings (SSSR count). The number of nitrogens with one attached hydrogen (secondary N) is 1. The molecule has 0 aliphatic carbocycles. The van der Waals surface area contributed by atoms with Crippen LogP contribution in [0.1, 0.15) is 63.4 Å². The Morgan fingerprint density at radius 3 is 2.46 bits per heavy atom. The van der Waals surface area contributed by atoms with Crippen molar-refractivity contribution in [1.29, 1.82) is 0 Å². The number of aliphatic hydroxyl groups is 2. The second-order valence-corrected chi connectivity index (χ2v) is 11.0. The number of rotatable bonds is 9. The molecule has 1 aliphatic heterocycles. The molecule has 0 radical (unpaired) electrons. The third-order valence-corrected chi connectivity index (χ3v) is 7.35. The number of aliphatic hydroxyl groups excluding tert-OH is 2. The third kappa shape index (κ3) is 6.29. The number of halogens is 1. The van der Waals surface area contributed by atoms with Crippen molar-refractivity contribution in [2.24, 2.45) is 5.92 Å². The van der Waals surface area contributed by atoms with Gasteiger partial charge in [-0.05, 0) is 29.0 Å². The zero-order valence-corrected chi connectivity index (χ0v) is 23.3. The largest absolute Gasteiger partial charge is 0.394 e. The second-order valence-electron chi connectivity index (χ2n) is 10.6. The van der Waals surface area contributed by atoms with E-state index in [0.29, 0.717) is 10.6 Å². The van der Waals surface area contributed by atoms with Gasteiger partial charge in [-0.15, -0.1) is 5.10 Å². The monoisotopic (exact) mass is 554 g/mol. The smallest absolute Gasteiger partial charge is 0.248 e. The van der Waals surface area contributed by atoms with Crippen molar-refractivity contribution in [3.8, 4) is 11.1 Å². The minimum absolute atomic E-state index is 0.0387. The normalized spacial score (nSPS) is 18.9. The number of pyridine rings is 1. The van der Waals surface area contributed by atoms with Crippen LogP contribution in [0, 0.1) is 5.92 Å². The Hall–Kier alpha value is -3.34. The van der Waals surface area contributed by atoms with Crippen LogP contribution in [-0.4, -0.2) is 72.2 Å². The van der Waals surface area contributed by atoms with Crippen LogP contribution in [0.4, 0.5) is 0 Å². The van der Waals surface area contributed by atoms with Crippen LogP contribution in [-0.2, 0) is 9.59 Å². The van der Waals surface area contributed by atoms with Crippen LogP contribution < -0.4 is 5.32 Å². The number of hydrogen-bond acceptors (Lipinski definition) is 7. The van der Waals surface area contributed by atoms with Gasteiger partial charge in [-0.2, -0.15) is 0 Å². The van der Waals surface area contributed by atoms with Crippen LogP contribution in [0.2, 0.25) is 5.02 Å². The molecule has 1 aliphatic rings. The number of amides is 2. The van der Waals surface area contributed by atoms with Crippen molar-refractivity contribution >= 4 is 23.4 Å². The summed E-state index contributed by atoms with van der Waals surface area (Å²) in [7, 11) is 0. The molecule has 3 N–H and O–H groups in total. The van der Waals surface area contributed by atoms with Crippen molar-refractivity contribution in [3.05, 3.63) is 65.2 Å². The van der Waals surface area contributed by atoms with Gasteiger partial charge in [-0.1, -0.05) is 68.8 Å². The van der Waals surface area contributed by atoms with E-state index < -0.39 is 30.1 Å². The molecule has 1 fully saturated rings. The van der Waals surface area contributed by atoms with Crippen molar-refractivity contribution in [2.45, 2.75) is 64.3 Å². The summed E-state index contributed by atoms with van der Waals surface area (Å²) in [5.74, 6) is -0.719. The van der Waals surface area contributed by atoms with Crippen LogP contribution in [0.5, 0.6) is 0 Å². The molecule has 1 aromatic carbocycles. The van der Waals surface area contributed by atoms with Gasteiger partial charge in [0.15, 0.2) is 0 Å². The first-order valence-corrected chi connectivity index (χ1v) is 13.5. The SMILES string of the molecule is CC(C)c1cn([C@H](C(=O)N2C[C@H](O)C[C@H]2C(=O)N[C@@H](CO)c2ccc(-c3ccncc3Cl)cc2)C(C)C)nn1. The Labute approximate surface area is 233 Å². The Balaban J connectivity index is 1.51. The summed E-state index contributed by atoms with van der Waals surface area (Å²) < 4.78 is 1.55. The highest BCUT2D eigenvalue weighted by Crippen LogP contribution is 2.29. The Kier molecular flexibility index (Phi) is 8.99.